The molecule has 0 saturated carbocycles. The molecule has 3 aromatic rings. The Labute approximate surface area is 141 Å². The van der Waals surface area contributed by atoms with Gasteiger partial charge >= 0.3 is 0 Å². The number of aromatic nitrogens is 4. The van der Waals surface area contributed by atoms with Crippen molar-refractivity contribution in [2.45, 2.75) is 19.9 Å². The van der Waals surface area contributed by atoms with Gasteiger partial charge in [0.25, 0.3) is 0 Å². The maximum Gasteiger partial charge on any atom is 0.228 e. The smallest absolute Gasteiger partial charge is 0.228 e. The molecule has 0 spiro atoms. The first-order valence-electron chi connectivity index (χ1n) is 8.37. The number of ether oxygens (including phenoxy) is 1. The summed E-state index contributed by atoms with van der Waals surface area (Å²) in [6.07, 6.45) is 1.88. The minimum absolute atomic E-state index is 0.249. The number of nitrogens with zero attached hydrogens (tertiary/aromatic N) is 5. The minimum atomic E-state index is 0.249. The molecule has 3 heterocycles. The standard InChI is InChI=1S/C18H21N5O/c1-13(2)23-17-15(12-19-23)16(14-6-4-3-5-7-14)20-18(21-17)22-8-10-24-11-9-22/h3-7,12-13H,8-11H2,1-2H3. The van der Waals surface area contributed by atoms with Crippen LogP contribution in [-0.4, -0.2) is 46.1 Å². The van der Waals surface area contributed by atoms with Crippen molar-refractivity contribution in [3.8, 4) is 11.3 Å². The first kappa shape index (κ1) is 15.1. The summed E-state index contributed by atoms with van der Waals surface area (Å²) < 4.78 is 7.42. The highest BCUT2D eigenvalue weighted by molar-refractivity contribution is 5.91. The van der Waals surface area contributed by atoms with Crippen molar-refractivity contribution in [2.24, 2.45) is 0 Å². The third kappa shape index (κ3) is 2.63. The predicted octanol–water partition coefficient (Wildman–Crippen LogP) is 2.91. The Balaban J connectivity index is 1.92. The molecule has 1 aromatic carbocycles. The van der Waals surface area contributed by atoms with Gasteiger partial charge in [-0.1, -0.05) is 30.3 Å². The molecule has 2 aromatic heterocycles. The van der Waals surface area contributed by atoms with E-state index in [0.29, 0.717) is 13.2 Å². The molecule has 124 valence electrons. The number of fused-ring (bicyclic) bond motifs is 1. The van der Waals surface area contributed by atoms with Crippen LogP contribution in [0.2, 0.25) is 0 Å². The molecule has 24 heavy (non-hydrogen) atoms. The van der Waals surface area contributed by atoms with Gasteiger partial charge in [-0.25, -0.2) is 9.67 Å². The fourth-order valence-electron chi connectivity index (χ4n) is 3.01. The van der Waals surface area contributed by atoms with Gasteiger partial charge in [-0.05, 0) is 13.8 Å². The summed E-state index contributed by atoms with van der Waals surface area (Å²) in [5.41, 5.74) is 2.91. The summed E-state index contributed by atoms with van der Waals surface area (Å²) in [4.78, 5) is 11.9. The Kier molecular flexibility index (Phi) is 3.90. The van der Waals surface area contributed by atoms with Gasteiger partial charge in [0.2, 0.25) is 5.95 Å². The monoisotopic (exact) mass is 323 g/mol. The predicted molar refractivity (Wildman–Crippen MR) is 94.2 cm³/mol. The molecule has 0 amide bonds. The number of anilines is 1. The highest BCUT2D eigenvalue weighted by Gasteiger charge is 2.20. The lowest BCUT2D eigenvalue weighted by atomic mass is 10.1. The third-order valence-electron chi connectivity index (χ3n) is 4.27. The van der Waals surface area contributed by atoms with Crippen molar-refractivity contribution in [3.63, 3.8) is 0 Å². The first-order valence-corrected chi connectivity index (χ1v) is 8.37. The normalized spacial score (nSPS) is 15.4. The number of hydrogen-bond donors (Lipinski definition) is 0. The molecule has 0 atom stereocenters. The molecule has 1 aliphatic rings. The molecule has 0 aliphatic carbocycles. The SMILES string of the molecule is CC(C)n1ncc2c(-c3ccccc3)nc(N3CCOCC3)nc21. The fourth-order valence-corrected chi connectivity index (χ4v) is 3.01. The first-order chi connectivity index (χ1) is 11.7. The van der Waals surface area contributed by atoms with E-state index in [4.69, 9.17) is 14.7 Å². The second-order valence-corrected chi connectivity index (χ2v) is 6.26. The fraction of sp³-hybridized carbons (Fsp3) is 0.389. The summed E-state index contributed by atoms with van der Waals surface area (Å²) in [7, 11) is 0. The van der Waals surface area contributed by atoms with Crippen LogP contribution in [0.1, 0.15) is 19.9 Å². The van der Waals surface area contributed by atoms with Crippen LogP contribution in [0.15, 0.2) is 36.5 Å². The van der Waals surface area contributed by atoms with Crippen molar-refractivity contribution >= 4 is 17.0 Å². The van der Waals surface area contributed by atoms with Crippen LogP contribution in [0.5, 0.6) is 0 Å². The topological polar surface area (TPSA) is 56.1 Å². The van der Waals surface area contributed by atoms with E-state index in [1.165, 1.54) is 0 Å². The highest BCUT2D eigenvalue weighted by atomic mass is 16.5. The Morgan fingerprint density at radius 2 is 1.79 bits per heavy atom. The van der Waals surface area contributed by atoms with E-state index < -0.39 is 0 Å². The van der Waals surface area contributed by atoms with Gasteiger partial charge in [-0.2, -0.15) is 10.1 Å². The summed E-state index contributed by atoms with van der Waals surface area (Å²) in [6, 6.07) is 10.5. The van der Waals surface area contributed by atoms with Crippen molar-refractivity contribution in [1.29, 1.82) is 0 Å². The molecule has 1 fully saturated rings. The molecule has 1 aliphatic heterocycles. The number of hydrogen-bond acceptors (Lipinski definition) is 5. The average Bonchev–Trinajstić information content (AvgIpc) is 3.06. The van der Waals surface area contributed by atoms with Gasteiger partial charge in [-0.3, -0.25) is 0 Å². The molecule has 6 heteroatoms. The Bertz CT molecular complexity index is 837. The summed E-state index contributed by atoms with van der Waals surface area (Å²) in [5.74, 6) is 0.757. The van der Waals surface area contributed by atoms with E-state index >= 15 is 0 Å². The van der Waals surface area contributed by atoms with Gasteiger partial charge in [0.05, 0.1) is 30.5 Å². The lowest BCUT2D eigenvalue weighted by Crippen LogP contribution is -2.37. The van der Waals surface area contributed by atoms with Crippen LogP contribution in [0.25, 0.3) is 22.3 Å². The minimum Gasteiger partial charge on any atom is -0.378 e. The zero-order valence-corrected chi connectivity index (χ0v) is 14.0. The maximum atomic E-state index is 5.46. The van der Waals surface area contributed by atoms with Gasteiger partial charge in [0.1, 0.15) is 0 Å². The van der Waals surface area contributed by atoms with Crippen LogP contribution in [-0.2, 0) is 4.74 Å². The third-order valence-corrected chi connectivity index (χ3v) is 4.27. The van der Waals surface area contributed by atoms with Crippen molar-refractivity contribution in [3.05, 3.63) is 36.5 Å². The number of rotatable bonds is 3. The molecule has 0 unspecified atom stereocenters. The highest BCUT2D eigenvalue weighted by Crippen LogP contribution is 2.29. The quantitative estimate of drug-likeness (QED) is 0.742. The van der Waals surface area contributed by atoms with Gasteiger partial charge in [0, 0.05) is 24.7 Å². The van der Waals surface area contributed by atoms with Gasteiger partial charge in [0.15, 0.2) is 5.65 Å². The summed E-state index contributed by atoms with van der Waals surface area (Å²) >= 11 is 0. The Morgan fingerprint density at radius 1 is 1.04 bits per heavy atom. The van der Waals surface area contributed by atoms with Crippen LogP contribution < -0.4 is 4.90 Å². The van der Waals surface area contributed by atoms with E-state index in [2.05, 4.69) is 36.0 Å². The van der Waals surface area contributed by atoms with E-state index in [1.807, 2.05) is 29.1 Å². The van der Waals surface area contributed by atoms with Crippen molar-refractivity contribution < 1.29 is 4.74 Å². The summed E-state index contributed by atoms with van der Waals surface area (Å²) in [6.45, 7) is 7.29. The van der Waals surface area contributed by atoms with E-state index in [1.54, 1.807) is 0 Å². The van der Waals surface area contributed by atoms with E-state index in [9.17, 15) is 0 Å². The number of benzene rings is 1. The van der Waals surface area contributed by atoms with E-state index in [0.717, 1.165) is 41.3 Å². The van der Waals surface area contributed by atoms with Crippen molar-refractivity contribution in [2.75, 3.05) is 31.2 Å². The largest absolute Gasteiger partial charge is 0.378 e. The molecule has 0 N–H and O–H groups in total. The number of morpholine rings is 1. The maximum absolute atomic E-state index is 5.46. The molecule has 0 radical (unpaired) electrons. The molecule has 0 bridgehead atoms. The van der Waals surface area contributed by atoms with Crippen LogP contribution >= 0.6 is 0 Å². The van der Waals surface area contributed by atoms with Crippen LogP contribution in [0.4, 0.5) is 5.95 Å². The zero-order chi connectivity index (χ0) is 16.5. The average molecular weight is 323 g/mol. The molecule has 4 rings (SSSR count). The Hall–Kier alpha value is -2.47. The molecule has 1 saturated heterocycles. The molecular weight excluding hydrogens is 302 g/mol. The lowest BCUT2D eigenvalue weighted by molar-refractivity contribution is 0.122. The Morgan fingerprint density at radius 3 is 2.50 bits per heavy atom. The second kappa shape index (κ2) is 6.20. The van der Waals surface area contributed by atoms with Crippen LogP contribution in [0, 0.1) is 0 Å². The zero-order valence-electron chi connectivity index (χ0n) is 14.0. The van der Waals surface area contributed by atoms with Crippen molar-refractivity contribution in [1.82, 2.24) is 19.7 Å². The lowest BCUT2D eigenvalue weighted by Gasteiger charge is -2.27. The molecular formula is C18H21N5O. The van der Waals surface area contributed by atoms with Crippen LogP contribution in [0.3, 0.4) is 0 Å². The van der Waals surface area contributed by atoms with Gasteiger partial charge in [-0.15, -0.1) is 0 Å². The summed E-state index contributed by atoms with van der Waals surface area (Å²) in [5, 5.41) is 5.53. The second-order valence-electron chi connectivity index (χ2n) is 6.26. The van der Waals surface area contributed by atoms with E-state index in [-0.39, 0.29) is 6.04 Å². The molecule has 6 nitrogen and oxygen atoms in total. The van der Waals surface area contributed by atoms with Gasteiger partial charge < -0.3 is 9.64 Å².